The third-order valence-corrected chi connectivity index (χ3v) is 5.13. The molecular weight excluding hydrogens is 318 g/mol. The van der Waals surface area contributed by atoms with E-state index in [-0.39, 0.29) is 36.1 Å². The first-order valence-corrected chi connectivity index (χ1v) is 8.59. The van der Waals surface area contributed by atoms with Gasteiger partial charge in [0.25, 0.3) is 0 Å². The summed E-state index contributed by atoms with van der Waals surface area (Å²) in [5.41, 5.74) is 1.37. The minimum Gasteiger partial charge on any atom is -0.340 e. The molecule has 0 radical (unpaired) electrons. The van der Waals surface area contributed by atoms with E-state index in [1.165, 1.54) is 4.90 Å². The number of hydrogen-bond donors (Lipinski definition) is 0. The van der Waals surface area contributed by atoms with Crippen molar-refractivity contribution in [2.75, 3.05) is 13.6 Å². The minimum absolute atomic E-state index is 0.192. The van der Waals surface area contributed by atoms with E-state index >= 15 is 0 Å². The number of nitriles is 1. The summed E-state index contributed by atoms with van der Waals surface area (Å²) in [4.78, 5) is 40.0. The van der Waals surface area contributed by atoms with Crippen molar-refractivity contribution in [3.05, 3.63) is 35.4 Å². The molecule has 1 aliphatic carbocycles. The van der Waals surface area contributed by atoms with E-state index in [0.29, 0.717) is 12.1 Å². The number of carbonyl (C=O) groups is 3. The third kappa shape index (κ3) is 3.41. The highest BCUT2D eigenvalue weighted by atomic mass is 16.2. The van der Waals surface area contributed by atoms with Crippen molar-refractivity contribution in [3.63, 3.8) is 0 Å². The van der Waals surface area contributed by atoms with Crippen molar-refractivity contribution in [2.24, 2.45) is 11.8 Å². The lowest BCUT2D eigenvalue weighted by atomic mass is 9.81. The number of likely N-dealkylation sites (N-methyl/N-ethyl adjacent to an activating group) is 1. The molecule has 1 aromatic carbocycles. The lowest BCUT2D eigenvalue weighted by Crippen LogP contribution is -2.41. The molecule has 6 heteroatoms. The van der Waals surface area contributed by atoms with Crippen LogP contribution in [0.1, 0.15) is 36.8 Å². The molecular formula is C19H21N3O3. The van der Waals surface area contributed by atoms with E-state index in [4.69, 9.17) is 5.26 Å². The molecule has 0 bridgehead atoms. The van der Waals surface area contributed by atoms with Gasteiger partial charge in [0, 0.05) is 13.6 Å². The van der Waals surface area contributed by atoms with Crippen LogP contribution >= 0.6 is 0 Å². The summed E-state index contributed by atoms with van der Waals surface area (Å²) >= 11 is 0. The maximum atomic E-state index is 12.5. The Labute approximate surface area is 147 Å². The van der Waals surface area contributed by atoms with Gasteiger partial charge in [-0.25, -0.2) is 0 Å². The van der Waals surface area contributed by atoms with E-state index in [1.54, 1.807) is 25.2 Å². The third-order valence-electron chi connectivity index (χ3n) is 5.13. The number of benzene rings is 1. The van der Waals surface area contributed by atoms with Gasteiger partial charge >= 0.3 is 0 Å². The van der Waals surface area contributed by atoms with Crippen LogP contribution in [0.15, 0.2) is 24.3 Å². The lowest BCUT2D eigenvalue weighted by Gasteiger charge is -2.21. The molecule has 3 rings (SSSR count). The number of rotatable bonds is 4. The minimum atomic E-state index is -0.275. The molecule has 1 aromatic rings. The summed E-state index contributed by atoms with van der Waals surface area (Å²) in [6.07, 6.45) is 3.43. The molecule has 0 aromatic heterocycles. The molecule has 2 atom stereocenters. The first-order chi connectivity index (χ1) is 12.0. The Morgan fingerprint density at radius 2 is 1.88 bits per heavy atom. The summed E-state index contributed by atoms with van der Waals surface area (Å²) < 4.78 is 0. The molecule has 3 amide bonds. The maximum absolute atomic E-state index is 12.5. The van der Waals surface area contributed by atoms with E-state index in [9.17, 15) is 14.4 Å². The van der Waals surface area contributed by atoms with Crippen LogP contribution in [0.5, 0.6) is 0 Å². The molecule has 0 N–H and O–H groups in total. The van der Waals surface area contributed by atoms with E-state index < -0.39 is 0 Å². The molecule has 6 nitrogen and oxygen atoms in total. The number of fused-ring (bicyclic) bond motifs is 1. The molecule has 2 aliphatic rings. The van der Waals surface area contributed by atoms with Crippen molar-refractivity contribution >= 4 is 17.7 Å². The highest BCUT2D eigenvalue weighted by molar-refractivity contribution is 6.07. The Balaban J connectivity index is 1.64. The van der Waals surface area contributed by atoms with Crippen molar-refractivity contribution in [1.82, 2.24) is 9.80 Å². The molecule has 2 fully saturated rings. The summed E-state index contributed by atoms with van der Waals surface area (Å²) in [5, 5.41) is 8.94. The van der Waals surface area contributed by atoms with Crippen LogP contribution in [0.2, 0.25) is 0 Å². The summed E-state index contributed by atoms with van der Waals surface area (Å²) in [7, 11) is 1.64. The molecule has 1 saturated heterocycles. The molecule has 130 valence electrons. The van der Waals surface area contributed by atoms with Crippen LogP contribution < -0.4 is 0 Å². The van der Waals surface area contributed by atoms with Gasteiger partial charge in [-0.15, -0.1) is 0 Å². The van der Waals surface area contributed by atoms with Crippen LogP contribution in [-0.2, 0) is 20.9 Å². The van der Waals surface area contributed by atoms with Crippen molar-refractivity contribution in [1.29, 1.82) is 5.26 Å². The van der Waals surface area contributed by atoms with Crippen LogP contribution in [0.4, 0.5) is 0 Å². The number of carbonyl (C=O) groups excluding carboxylic acids is 3. The lowest BCUT2D eigenvalue weighted by molar-refractivity contribution is -0.146. The first-order valence-electron chi connectivity index (χ1n) is 8.59. The summed E-state index contributed by atoms with van der Waals surface area (Å²) in [6.45, 7) is 0.135. The van der Waals surface area contributed by atoms with Gasteiger partial charge in [-0.3, -0.25) is 19.3 Å². The maximum Gasteiger partial charge on any atom is 0.242 e. The van der Waals surface area contributed by atoms with Gasteiger partial charge < -0.3 is 4.90 Å². The summed E-state index contributed by atoms with van der Waals surface area (Å²) in [6, 6.07) is 9.10. The van der Waals surface area contributed by atoms with Crippen LogP contribution in [-0.4, -0.2) is 41.1 Å². The molecule has 1 saturated carbocycles. The zero-order chi connectivity index (χ0) is 18.0. The highest BCUT2D eigenvalue weighted by Crippen LogP contribution is 2.37. The highest BCUT2D eigenvalue weighted by Gasteiger charge is 2.48. The van der Waals surface area contributed by atoms with Gasteiger partial charge in [-0.2, -0.15) is 5.26 Å². The van der Waals surface area contributed by atoms with E-state index in [1.807, 2.05) is 6.07 Å². The van der Waals surface area contributed by atoms with Gasteiger partial charge in [-0.1, -0.05) is 25.0 Å². The number of amides is 3. The van der Waals surface area contributed by atoms with Gasteiger partial charge in [0.1, 0.15) is 6.54 Å². The zero-order valence-electron chi connectivity index (χ0n) is 14.3. The second kappa shape index (κ2) is 7.06. The molecule has 1 heterocycles. The predicted octanol–water partition coefficient (Wildman–Crippen LogP) is 1.69. The Hall–Kier alpha value is -2.68. The van der Waals surface area contributed by atoms with Gasteiger partial charge in [0.05, 0.1) is 23.5 Å². The van der Waals surface area contributed by atoms with Crippen LogP contribution in [0.3, 0.4) is 0 Å². The second-order valence-electron chi connectivity index (χ2n) is 6.82. The summed E-state index contributed by atoms with van der Waals surface area (Å²) in [5.74, 6) is -1.12. The normalized spacial score (nSPS) is 22.5. The number of imide groups is 1. The van der Waals surface area contributed by atoms with Crippen molar-refractivity contribution < 1.29 is 14.4 Å². The topological polar surface area (TPSA) is 81.5 Å². The van der Waals surface area contributed by atoms with Gasteiger partial charge in [0.15, 0.2) is 0 Å². The quantitative estimate of drug-likeness (QED) is 0.782. The van der Waals surface area contributed by atoms with Crippen LogP contribution in [0.25, 0.3) is 0 Å². The second-order valence-corrected chi connectivity index (χ2v) is 6.82. The van der Waals surface area contributed by atoms with Gasteiger partial charge in [0.2, 0.25) is 17.7 Å². The van der Waals surface area contributed by atoms with Crippen molar-refractivity contribution in [2.45, 2.75) is 32.2 Å². The number of hydrogen-bond acceptors (Lipinski definition) is 4. The molecule has 1 aliphatic heterocycles. The Morgan fingerprint density at radius 3 is 2.48 bits per heavy atom. The molecule has 0 unspecified atom stereocenters. The predicted molar refractivity (Wildman–Crippen MR) is 89.8 cm³/mol. The van der Waals surface area contributed by atoms with E-state index in [2.05, 4.69) is 6.07 Å². The smallest absolute Gasteiger partial charge is 0.242 e. The fraction of sp³-hybridized carbons (Fsp3) is 0.474. The van der Waals surface area contributed by atoms with E-state index in [0.717, 1.165) is 36.1 Å². The van der Waals surface area contributed by atoms with Gasteiger partial charge in [-0.05, 0) is 30.5 Å². The molecule has 25 heavy (non-hydrogen) atoms. The zero-order valence-corrected chi connectivity index (χ0v) is 14.3. The van der Waals surface area contributed by atoms with Crippen molar-refractivity contribution in [3.8, 4) is 6.07 Å². The Bertz CT molecular complexity index is 729. The average molecular weight is 339 g/mol. The average Bonchev–Trinajstić information content (AvgIpc) is 2.87. The largest absolute Gasteiger partial charge is 0.340 e. The van der Waals surface area contributed by atoms with Crippen LogP contribution in [0, 0.1) is 23.2 Å². The Morgan fingerprint density at radius 1 is 1.24 bits per heavy atom. The number of nitrogens with zero attached hydrogens (tertiary/aromatic N) is 3. The fourth-order valence-corrected chi connectivity index (χ4v) is 3.74. The Kier molecular flexibility index (Phi) is 4.84. The number of likely N-dealkylation sites (tertiary alicyclic amines) is 1. The standard InChI is InChI=1S/C19H21N3O3/c1-21(11-14-6-4-5-13(9-14)10-20)17(23)12-22-18(24)15-7-2-3-8-16(15)19(22)25/h4-6,9,15-16H,2-3,7-8,11-12H2,1H3/t15-,16-/m0/s1. The molecule has 0 spiro atoms. The first kappa shape index (κ1) is 17.2. The fourth-order valence-electron chi connectivity index (χ4n) is 3.74. The monoisotopic (exact) mass is 339 g/mol. The SMILES string of the molecule is CN(Cc1cccc(C#N)c1)C(=O)CN1C(=O)[C@H]2CCCC[C@@H]2C1=O.